The van der Waals surface area contributed by atoms with Gasteiger partial charge < -0.3 is 0 Å². The van der Waals surface area contributed by atoms with E-state index in [2.05, 4.69) is 13.2 Å². The molecule has 0 N–H and O–H groups in total. The Morgan fingerprint density at radius 1 is 1.44 bits per heavy atom. The van der Waals surface area contributed by atoms with Crippen molar-refractivity contribution >= 4 is 11.6 Å². The van der Waals surface area contributed by atoms with Crippen LogP contribution in [0.25, 0.3) is 0 Å². The van der Waals surface area contributed by atoms with Crippen molar-refractivity contribution in [3.05, 3.63) is 23.8 Å². The van der Waals surface area contributed by atoms with Crippen LogP contribution in [0, 0.1) is 11.3 Å². The number of nitrogens with zero attached hydrogens (tertiary/aromatic N) is 1. The van der Waals surface area contributed by atoms with Gasteiger partial charge >= 0.3 is 0 Å². The third kappa shape index (κ3) is 7.26. The zero-order valence-corrected chi connectivity index (χ0v) is 6.50. The summed E-state index contributed by atoms with van der Waals surface area (Å²) in [7, 11) is 0. The Morgan fingerprint density at radius 3 is 1.78 bits per heavy atom. The van der Waals surface area contributed by atoms with Gasteiger partial charge in [-0.2, -0.15) is 5.26 Å². The maximum atomic E-state index is 8.01. The predicted molar refractivity (Wildman–Crippen MR) is 41.1 cm³/mol. The van der Waals surface area contributed by atoms with Gasteiger partial charge in [0.05, 0.1) is 10.6 Å². The molecule has 0 saturated heterocycles. The standard InChI is InChI=1S/C5H4ClN.C2H6/c1-4(3-7)5(2)6;1-2/h1-2H2;1-2H3. The summed E-state index contributed by atoms with van der Waals surface area (Å²) >= 11 is 5.21. The lowest BCUT2D eigenvalue weighted by Gasteiger charge is -1.81. The quantitative estimate of drug-likeness (QED) is 0.409. The van der Waals surface area contributed by atoms with Crippen LogP contribution in [0.15, 0.2) is 23.8 Å². The predicted octanol–water partition coefficient (Wildman–Crippen LogP) is 2.84. The smallest absolute Gasteiger partial charge is 0.100 e. The molecule has 0 aromatic rings. The van der Waals surface area contributed by atoms with E-state index in [4.69, 9.17) is 16.9 Å². The molecule has 9 heavy (non-hydrogen) atoms. The van der Waals surface area contributed by atoms with E-state index in [0.717, 1.165) is 0 Å². The van der Waals surface area contributed by atoms with E-state index in [0.29, 0.717) is 0 Å². The zero-order chi connectivity index (χ0) is 7.86. The highest BCUT2D eigenvalue weighted by molar-refractivity contribution is 6.32. The van der Waals surface area contributed by atoms with Gasteiger partial charge in [-0.25, -0.2) is 0 Å². The van der Waals surface area contributed by atoms with Crippen LogP contribution in [0.2, 0.25) is 0 Å². The van der Waals surface area contributed by atoms with Crippen LogP contribution >= 0.6 is 11.6 Å². The van der Waals surface area contributed by atoms with E-state index in [1.807, 2.05) is 13.8 Å². The summed E-state index contributed by atoms with van der Waals surface area (Å²) in [5.74, 6) is 0. The molecule has 0 fully saturated rings. The first-order chi connectivity index (χ1) is 4.18. The lowest BCUT2D eigenvalue weighted by atomic mass is 10.3. The minimum atomic E-state index is 0.211. The number of nitriles is 1. The normalized spacial score (nSPS) is 6.00. The molecule has 0 bridgehead atoms. The molecule has 0 unspecified atom stereocenters. The number of allylic oxidation sites excluding steroid dienone is 2. The SMILES string of the molecule is C=C(Cl)C(=C)C#N.CC. The van der Waals surface area contributed by atoms with E-state index in [9.17, 15) is 0 Å². The van der Waals surface area contributed by atoms with Gasteiger partial charge in [0.25, 0.3) is 0 Å². The van der Waals surface area contributed by atoms with E-state index >= 15 is 0 Å². The third-order valence-corrected chi connectivity index (χ3v) is 0.691. The summed E-state index contributed by atoms with van der Waals surface area (Å²) in [6.07, 6.45) is 0. The van der Waals surface area contributed by atoms with Gasteiger partial charge in [-0.1, -0.05) is 38.6 Å². The summed E-state index contributed by atoms with van der Waals surface area (Å²) < 4.78 is 0. The molecule has 0 aliphatic rings. The van der Waals surface area contributed by atoms with Crippen molar-refractivity contribution in [2.24, 2.45) is 0 Å². The second kappa shape index (κ2) is 7.26. The van der Waals surface area contributed by atoms with Gasteiger partial charge in [-0.3, -0.25) is 0 Å². The van der Waals surface area contributed by atoms with Crippen molar-refractivity contribution in [1.29, 1.82) is 5.26 Å². The largest absolute Gasteiger partial charge is 0.192 e. The Labute approximate surface area is 61.3 Å². The van der Waals surface area contributed by atoms with E-state index in [1.165, 1.54) is 0 Å². The Bertz CT molecular complexity index is 141. The van der Waals surface area contributed by atoms with Crippen LogP contribution in [0.3, 0.4) is 0 Å². The van der Waals surface area contributed by atoms with Crippen molar-refractivity contribution in [3.8, 4) is 6.07 Å². The molecule has 2 heteroatoms. The fourth-order valence-electron chi connectivity index (χ4n) is 0.0607. The molecule has 0 aromatic heterocycles. The van der Waals surface area contributed by atoms with Crippen LogP contribution in [0.4, 0.5) is 0 Å². The average Bonchev–Trinajstić information content (AvgIpc) is 1.91. The molecule has 0 spiro atoms. The van der Waals surface area contributed by atoms with Gasteiger partial charge in [-0.15, -0.1) is 0 Å². The van der Waals surface area contributed by atoms with Crippen molar-refractivity contribution in [3.63, 3.8) is 0 Å². The summed E-state index contributed by atoms with van der Waals surface area (Å²) in [4.78, 5) is 0. The molecule has 1 nitrogen and oxygen atoms in total. The first-order valence-electron chi connectivity index (χ1n) is 2.62. The molecule has 0 aromatic carbocycles. The first kappa shape index (κ1) is 11.1. The monoisotopic (exact) mass is 143 g/mol. The second-order valence-corrected chi connectivity index (χ2v) is 1.45. The lowest BCUT2D eigenvalue weighted by molar-refractivity contribution is 1.50. The van der Waals surface area contributed by atoms with Crippen molar-refractivity contribution in [1.82, 2.24) is 0 Å². The van der Waals surface area contributed by atoms with Crippen molar-refractivity contribution < 1.29 is 0 Å². The number of halogens is 1. The highest BCUT2D eigenvalue weighted by Gasteiger charge is 1.88. The Kier molecular flexibility index (Phi) is 8.96. The Hall–Kier alpha value is -0.740. The average molecular weight is 144 g/mol. The molecule has 0 saturated carbocycles. The molecule has 50 valence electrons. The topological polar surface area (TPSA) is 23.8 Å². The van der Waals surface area contributed by atoms with Crippen molar-refractivity contribution in [2.75, 3.05) is 0 Å². The number of hydrogen-bond acceptors (Lipinski definition) is 1. The summed E-state index contributed by atoms with van der Waals surface area (Å²) in [6, 6.07) is 1.74. The van der Waals surface area contributed by atoms with Crippen LogP contribution < -0.4 is 0 Å². The minimum Gasteiger partial charge on any atom is -0.192 e. The van der Waals surface area contributed by atoms with Gasteiger partial charge in [0, 0.05) is 0 Å². The summed E-state index contributed by atoms with van der Waals surface area (Å²) in [5, 5.41) is 8.22. The van der Waals surface area contributed by atoms with Crippen LogP contribution in [-0.2, 0) is 0 Å². The molecule has 0 amide bonds. The molecular weight excluding hydrogens is 134 g/mol. The van der Waals surface area contributed by atoms with Crippen LogP contribution in [0.1, 0.15) is 13.8 Å². The van der Waals surface area contributed by atoms with Gasteiger partial charge in [-0.05, 0) is 0 Å². The van der Waals surface area contributed by atoms with Crippen molar-refractivity contribution in [2.45, 2.75) is 13.8 Å². The minimum absolute atomic E-state index is 0.211. The second-order valence-electron chi connectivity index (χ2n) is 0.995. The van der Waals surface area contributed by atoms with Crippen LogP contribution in [-0.4, -0.2) is 0 Å². The maximum absolute atomic E-state index is 8.01. The Balaban J connectivity index is 0. The lowest BCUT2D eigenvalue weighted by Crippen LogP contribution is -1.67. The van der Waals surface area contributed by atoms with Gasteiger partial charge in [0.15, 0.2) is 0 Å². The zero-order valence-electron chi connectivity index (χ0n) is 5.74. The van der Waals surface area contributed by atoms with E-state index in [1.54, 1.807) is 6.07 Å². The first-order valence-corrected chi connectivity index (χ1v) is 3.00. The molecule has 0 rings (SSSR count). The fourth-order valence-corrected chi connectivity index (χ4v) is 0.103. The summed E-state index contributed by atoms with van der Waals surface area (Å²) in [5.41, 5.74) is 0.224. The van der Waals surface area contributed by atoms with Crippen LogP contribution in [0.5, 0.6) is 0 Å². The highest BCUT2D eigenvalue weighted by atomic mass is 35.5. The molecule has 0 radical (unpaired) electrons. The molecule has 0 heterocycles. The van der Waals surface area contributed by atoms with E-state index in [-0.39, 0.29) is 10.6 Å². The third-order valence-electron chi connectivity index (χ3n) is 0.462. The maximum Gasteiger partial charge on any atom is 0.100 e. The Morgan fingerprint density at radius 2 is 1.78 bits per heavy atom. The van der Waals surface area contributed by atoms with Gasteiger partial charge in [0.2, 0.25) is 0 Å². The molecule has 0 aliphatic heterocycles. The molecule has 0 aliphatic carbocycles. The van der Waals surface area contributed by atoms with E-state index < -0.39 is 0 Å². The number of rotatable bonds is 1. The van der Waals surface area contributed by atoms with Gasteiger partial charge in [0.1, 0.15) is 6.07 Å². The summed E-state index contributed by atoms with van der Waals surface area (Å²) in [6.45, 7) is 10.5. The molecular formula is C7H10ClN. The highest BCUT2D eigenvalue weighted by Crippen LogP contribution is 2.06. The fraction of sp³-hybridized carbons (Fsp3) is 0.286. The number of hydrogen-bond donors (Lipinski definition) is 0. The molecule has 0 atom stereocenters.